The maximum atomic E-state index is 6.21. The average molecular weight is 228 g/mol. The quantitative estimate of drug-likeness (QED) is 0.612. The molecule has 1 aliphatic carbocycles. The highest BCUT2D eigenvalue weighted by molar-refractivity contribution is 4.81. The normalized spacial score (nSPS) is 20.1. The first-order chi connectivity index (χ1) is 7.53. The van der Waals surface area contributed by atoms with Crippen LogP contribution in [0.2, 0.25) is 0 Å². The molecule has 0 aromatic rings. The standard InChI is InChI=1S/C13H28N2O/c1-4-7-13(2,14)11-15(3)8-9-16-10-12-5-6-12/h12H,4-11,14H2,1-3H3. The van der Waals surface area contributed by atoms with E-state index in [1.807, 2.05) is 0 Å². The second-order valence-electron chi connectivity index (χ2n) is 5.66. The SMILES string of the molecule is CCCC(C)(N)CN(C)CCOCC1CC1. The molecule has 0 heterocycles. The lowest BCUT2D eigenvalue weighted by atomic mass is 9.97. The van der Waals surface area contributed by atoms with Gasteiger partial charge in [-0.05, 0) is 39.2 Å². The second-order valence-corrected chi connectivity index (χ2v) is 5.66. The zero-order valence-electron chi connectivity index (χ0n) is 11.2. The van der Waals surface area contributed by atoms with Gasteiger partial charge in [-0.2, -0.15) is 0 Å². The molecule has 2 N–H and O–H groups in total. The lowest BCUT2D eigenvalue weighted by molar-refractivity contribution is 0.0971. The monoisotopic (exact) mass is 228 g/mol. The minimum Gasteiger partial charge on any atom is -0.380 e. The summed E-state index contributed by atoms with van der Waals surface area (Å²) >= 11 is 0. The van der Waals surface area contributed by atoms with E-state index in [9.17, 15) is 0 Å². The van der Waals surface area contributed by atoms with E-state index in [1.165, 1.54) is 12.8 Å². The van der Waals surface area contributed by atoms with Gasteiger partial charge in [0.2, 0.25) is 0 Å². The first-order valence-electron chi connectivity index (χ1n) is 6.58. The van der Waals surface area contributed by atoms with Crippen LogP contribution in [0.4, 0.5) is 0 Å². The predicted octanol–water partition coefficient (Wildman–Crippen LogP) is 1.86. The van der Waals surface area contributed by atoms with Gasteiger partial charge >= 0.3 is 0 Å². The van der Waals surface area contributed by atoms with Crippen LogP contribution in [0.15, 0.2) is 0 Å². The number of ether oxygens (including phenoxy) is 1. The summed E-state index contributed by atoms with van der Waals surface area (Å²) in [6.45, 7) is 8.07. The van der Waals surface area contributed by atoms with Crippen molar-refractivity contribution in [2.75, 3.05) is 33.4 Å². The number of likely N-dealkylation sites (N-methyl/N-ethyl adjacent to an activating group) is 1. The second kappa shape index (κ2) is 6.58. The van der Waals surface area contributed by atoms with Crippen LogP contribution < -0.4 is 5.73 Å². The van der Waals surface area contributed by atoms with E-state index in [0.717, 1.165) is 45.1 Å². The Kier molecular flexibility index (Phi) is 5.73. The summed E-state index contributed by atoms with van der Waals surface area (Å²) in [5.74, 6) is 0.866. The Bertz CT molecular complexity index is 190. The van der Waals surface area contributed by atoms with Crippen molar-refractivity contribution in [3.8, 4) is 0 Å². The van der Waals surface area contributed by atoms with Crippen molar-refractivity contribution in [2.45, 2.75) is 45.1 Å². The Balaban J connectivity index is 2.01. The summed E-state index contributed by atoms with van der Waals surface area (Å²) in [7, 11) is 2.13. The Morgan fingerprint density at radius 1 is 1.44 bits per heavy atom. The van der Waals surface area contributed by atoms with Gasteiger partial charge < -0.3 is 15.4 Å². The third-order valence-corrected chi connectivity index (χ3v) is 3.12. The fraction of sp³-hybridized carbons (Fsp3) is 1.00. The van der Waals surface area contributed by atoms with Crippen molar-refractivity contribution in [3.05, 3.63) is 0 Å². The van der Waals surface area contributed by atoms with Crippen molar-refractivity contribution in [2.24, 2.45) is 11.7 Å². The van der Waals surface area contributed by atoms with Crippen LogP contribution in [0.5, 0.6) is 0 Å². The molecule has 1 atom stereocenters. The van der Waals surface area contributed by atoms with Crippen LogP contribution in [-0.2, 0) is 4.74 Å². The summed E-state index contributed by atoms with van der Waals surface area (Å²) in [5.41, 5.74) is 6.15. The molecule has 1 aliphatic rings. The highest BCUT2D eigenvalue weighted by atomic mass is 16.5. The van der Waals surface area contributed by atoms with Crippen LogP contribution >= 0.6 is 0 Å². The number of rotatable bonds is 9. The molecule has 0 spiro atoms. The van der Waals surface area contributed by atoms with Gasteiger partial charge in [-0.15, -0.1) is 0 Å². The molecular formula is C13H28N2O. The largest absolute Gasteiger partial charge is 0.380 e. The van der Waals surface area contributed by atoms with Gasteiger partial charge in [-0.3, -0.25) is 0 Å². The smallest absolute Gasteiger partial charge is 0.0593 e. The Labute approximate surface area is 100 Å². The van der Waals surface area contributed by atoms with E-state index in [4.69, 9.17) is 10.5 Å². The zero-order valence-corrected chi connectivity index (χ0v) is 11.2. The van der Waals surface area contributed by atoms with Crippen molar-refractivity contribution in [1.82, 2.24) is 4.90 Å². The maximum Gasteiger partial charge on any atom is 0.0593 e. The topological polar surface area (TPSA) is 38.5 Å². The Morgan fingerprint density at radius 3 is 2.69 bits per heavy atom. The zero-order chi connectivity index (χ0) is 12.0. The van der Waals surface area contributed by atoms with E-state index < -0.39 is 0 Å². The van der Waals surface area contributed by atoms with E-state index >= 15 is 0 Å². The van der Waals surface area contributed by atoms with Crippen LogP contribution in [0, 0.1) is 5.92 Å². The average Bonchev–Trinajstić information content (AvgIpc) is 2.95. The molecule has 0 saturated heterocycles. The van der Waals surface area contributed by atoms with Gasteiger partial charge in [0.1, 0.15) is 0 Å². The molecule has 0 bridgehead atoms. The fourth-order valence-electron chi connectivity index (χ4n) is 2.10. The number of nitrogens with zero attached hydrogens (tertiary/aromatic N) is 1. The highest BCUT2D eigenvalue weighted by Gasteiger charge is 2.21. The van der Waals surface area contributed by atoms with Crippen molar-refractivity contribution in [1.29, 1.82) is 0 Å². The molecule has 1 saturated carbocycles. The van der Waals surface area contributed by atoms with Gasteiger partial charge in [-0.25, -0.2) is 0 Å². The van der Waals surface area contributed by atoms with Gasteiger partial charge in [0.05, 0.1) is 6.61 Å². The van der Waals surface area contributed by atoms with Crippen LogP contribution in [0.1, 0.15) is 39.5 Å². The molecule has 0 amide bonds. The predicted molar refractivity (Wildman–Crippen MR) is 68.5 cm³/mol. The summed E-state index contributed by atoms with van der Waals surface area (Å²) in [5, 5.41) is 0. The van der Waals surface area contributed by atoms with Crippen molar-refractivity contribution >= 4 is 0 Å². The summed E-state index contributed by atoms with van der Waals surface area (Å²) < 4.78 is 5.62. The number of hydrogen-bond acceptors (Lipinski definition) is 3. The first-order valence-corrected chi connectivity index (χ1v) is 6.58. The van der Waals surface area contributed by atoms with E-state index in [1.54, 1.807) is 0 Å². The van der Waals surface area contributed by atoms with Gasteiger partial charge in [-0.1, -0.05) is 13.3 Å². The van der Waals surface area contributed by atoms with Gasteiger partial charge in [0.15, 0.2) is 0 Å². The lowest BCUT2D eigenvalue weighted by Crippen LogP contribution is -2.47. The van der Waals surface area contributed by atoms with E-state index in [2.05, 4.69) is 25.8 Å². The van der Waals surface area contributed by atoms with Gasteiger partial charge in [0, 0.05) is 25.2 Å². The minimum atomic E-state index is -0.0556. The third-order valence-electron chi connectivity index (χ3n) is 3.12. The highest BCUT2D eigenvalue weighted by Crippen LogP contribution is 2.28. The molecule has 16 heavy (non-hydrogen) atoms. The Hall–Kier alpha value is -0.120. The molecule has 96 valence electrons. The molecule has 0 aromatic carbocycles. The molecule has 3 nitrogen and oxygen atoms in total. The van der Waals surface area contributed by atoms with Crippen LogP contribution in [0.25, 0.3) is 0 Å². The first kappa shape index (κ1) is 13.9. The maximum absolute atomic E-state index is 6.21. The number of hydrogen-bond donors (Lipinski definition) is 1. The fourth-order valence-corrected chi connectivity index (χ4v) is 2.10. The van der Waals surface area contributed by atoms with E-state index in [-0.39, 0.29) is 5.54 Å². The summed E-state index contributed by atoms with van der Waals surface area (Å²) in [4.78, 5) is 2.28. The summed E-state index contributed by atoms with van der Waals surface area (Å²) in [6, 6.07) is 0. The van der Waals surface area contributed by atoms with Crippen molar-refractivity contribution in [3.63, 3.8) is 0 Å². The molecule has 3 heteroatoms. The third kappa shape index (κ3) is 6.46. The van der Waals surface area contributed by atoms with Crippen LogP contribution in [-0.4, -0.2) is 43.8 Å². The van der Waals surface area contributed by atoms with Crippen LogP contribution in [0.3, 0.4) is 0 Å². The minimum absolute atomic E-state index is 0.0556. The van der Waals surface area contributed by atoms with Gasteiger partial charge in [0.25, 0.3) is 0 Å². The van der Waals surface area contributed by atoms with Crippen molar-refractivity contribution < 1.29 is 4.74 Å². The lowest BCUT2D eigenvalue weighted by Gasteiger charge is -2.29. The molecule has 1 rings (SSSR count). The van der Waals surface area contributed by atoms with E-state index in [0.29, 0.717) is 0 Å². The molecule has 0 aliphatic heterocycles. The molecular weight excluding hydrogens is 200 g/mol. The molecule has 1 fully saturated rings. The summed E-state index contributed by atoms with van der Waals surface area (Å²) in [6.07, 6.45) is 4.97. The molecule has 0 radical (unpaired) electrons. The number of nitrogens with two attached hydrogens (primary N) is 1. The molecule has 0 aromatic heterocycles. The Morgan fingerprint density at radius 2 is 2.12 bits per heavy atom. The molecule has 1 unspecified atom stereocenters.